The Morgan fingerprint density at radius 2 is 2.19 bits per heavy atom. The third-order valence-corrected chi connectivity index (χ3v) is 3.60. The summed E-state index contributed by atoms with van der Waals surface area (Å²) >= 11 is 5.91. The first-order valence-corrected chi connectivity index (χ1v) is 7.75. The van der Waals surface area contributed by atoms with E-state index < -0.39 is 10.9 Å². The summed E-state index contributed by atoms with van der Waals surface area (Å²) in [6, 6.07) is 6.07. The summed E-state index contributed by atoms with van der Waals surface area (Å²) in [6.45, 7) is 1.75. The zero-order chi connectivity index (χ0) is 19.3. The van der Waals surface area contributed by atoms with Crippen molar-refractivity contribution in [3.8, 4) is 5.75 Å². The van der Waals surface area contributed by atoms with E-state index in [1.807, 2.05) is 0 Å². The van der Waals surface area contributed by atoms with Gasteiger partial charge in [0.05, 0.1) is 42.5 Å². The van der Waals surface area contributed by atoms with E-state index in [1.54, 1.807) is 19.1 Å². The molecule has 0 fully saturated rings. The Labute approximate surface area is 153 Å². The van der Waals surface area contributed by atoms with Crippen LogP contribution in [0.25, 0.3) is 0 Å². The van der Waals surface area contributed by atoms with Gasteiger partial charge in [0.15, 0.2) is 5.84 Å². The molecule has 0 aliphatic heterocycles. The van der Waals surface area contributed by atoms with Crippen LogP contribution in [0.15, 0.2) is 29.4 Å². The Kier molecular flexibility index (Phi) is 6.12. The molecule has 11 heteroatoms. The average molecular weight is 382 g/mol. The number of aryl methyl sites for hydroxylation is 2. The molecule has 1 aromatic carbocycles. The van der Waals surface area contributed by atoms with Gasteiger partial charge in [-0.1, -0.05) is 16.8 Å². The Morgan fingerprint density at radius 3 is 2.81 bits per heavy atom. The first-order chi connectivity index (χ1) is 12.3. The molecule has 0 aliphatic rings. The number of hydrogen-bond donors (Lipinski definition) is 1. The smallest absolute Gasteiger partial charge is 0.390 e. The van der Waals surface area contributed by atoms with Gasteiger partial charge in [0.1, 0.15) is 5.75 Å². The third-order valence-electron chi connectivity index (χ3n) is 3.37. The molecule has 1 aromatic heterocycles. The minimum Gasteiger partial charge on any atom is -0.496 e. The van der Waals surface area contributed by atoms with Crippen molar-refractivity contribution in [2.45, 2.75) is 19.9 Å². The van der Waals surface area contributed by atoms with Crippen LogP contribution >= 0.6 is 11.6 Å². The van der Waals surface area contributed by atoms with Crippen molar-refractivity contribution < 1.29 is 19.3 Å². The average Bonchev–Trinajstić information content (AvgIpc) is 2.99. The van der Waals surface area contributed by atoms with Gasteiger partial charge in [-0.3, -0.25) is 0 Å². The molecule has 0 unspecified atom stereocenters. The molecule has 0 saturated heterocycles. The Bertz CT molecular complexity index is 864. The molecule has 0 saturated carbocycles. The maximum atomic E-state index is 11.8. The minimum absolute atomic E-state index is 0.0800. The van der Waals surface area contributed by atoms with Crippen molar-refractivity contribution in [2.75, 3.05) is 7.11 Å². The molecule has 138 valence electrons. The lowest BCUT2D eigenvalue weighted by molar-refractivity contribution is -0.389. The number of hydrogen-bond acceptors (Lipinski definition) is 7. The Morgan fingerprint density at radius 1 is 1.46 bits per heavy atom. The molecule has 26 heavy (non-hydrogen) atoms. The number of methoxy groups -OCH3 is 1. The number of aromatic nitrogens is 2. The van der Waals surface area contributed by atoms with Gasteiger partial charge in [0.25, 0.3) is 0 Å². The SMILES string of the molecule is COc1ccc(Cl)cc1/C(N)=N/OC(=O)CCn1nc([N+](=O)[O-])cc1C. The maximum Gasteiger partial charge on any atom is 0.390 e. The largest absolute Gasteiger partial charge is 0.496 e. The highest BCUT2D eigenvalue weighted by molar-refractivity contribution is 6.31. The normalized spacial score (nSPS) is 11.3. The van der Waals surface area contributed by atoms with Gasteiger partial charge < -0.3 is 25.4 Å². The van der Waals surface area contributed by atoms with Crippen LogP contribution < -0.4 is 10.5 Å². The predicted molar refractivity (Wildman–Crippen MR) is 93.1 cm³/mol. The van der Waals surface area contributed by atoms with Crippen molar-refractivity contribution in [3.63, 3.8) is 0 Å². The van der Waals surface area contributed by atoms with Crippen molar-refractivity contribution in [2.24, 2.45) is 10.9 Å². The van der Waals surface area contributed by atoms with E-state index in [9.17, 15) is 14.9 Å². The summed E-state index contributed by atoms with van der Waals surface area (Å²) in [5.41, 5.74) is 6.73. The van der Waals surface area contributed by atoms with E-state index in [4.69, 9.17) is 26.9 Å². The number of oxime groups is 1. The molecule has 0 spiro atoms. The predicted octanol–water partition coefficient (Wildman–Crippen LogP) is 2.02. The summed E-state index contributed by atoms with van der Waals surface area (Å²) in [5.74, 6) is -0.618. The summed E-state index contributed by atoms with van der Waals surface area (Å²) in [4.78, 5) is 26.6. The van der Waals surface area contributed by atoms with Crippen LogP contribution in [0.3, 0.4) is 0 Å². The van der Waals surface area contributed by atoms with Gasteiger partial charge in [-0.2, -0.15) is 4.68 Å². The van der Waals surface area contributed by atoms with Crippen molar-refractivity contribution in [1.82, 2.24) is 9.78 Å². The lowest BCUT2D eigenvalue weighted by Gasteiger charge is -2.07. The van der Waals surface area contributed by atoms with E-state index in [-0.39, 0.29) is 24.6 Å². The molecule has 10 nitrogen and oxygen atoms in total. The number of benzene rings is 1. The summed E-state index contributed by atoms with van der Waals surface area (Å²) in [7, 11) is 1.46. The monoisotopic (exact) mass is 381 g/mol. The van der Waals surface area contributed by atoms with E-state index >= 15 is 0 Å². The molecule has 2 aromatic rings. The highest BCUT2D eigenvalue weighted by atomic mass is 35.5. The summed E-state index contributed by atoms with van der Waals surface area (Å²) in [5, 5.41) is 18.5. The number of halogens is 1. The van der Waals surface area contributed by atoms with Crippen molar-refractivity contribution in [1.29, 1.82) is 0 Å². The molecule has 2 rings (SSSR count). The zero-order valence-electron chi connectivity index (χ0n) is 14.0. The second kappa shape index (κ2) is 8.30. The van der Waals surface area contributed by atoms with Crippen LogP contribution in [-0.4, -0.2) is 33.6 Å². The number of nitrogens with zero attached hydrogens (tertiary/aromatic N) is 4. The number of nitrogens with two attached hydrogens (primary N) is 1. The first kappa shape index (κ1) is 19.2. The topological polar surface area (TPSA) is 135 Å². The Balaban J connectivity index is 1.99. The molecule has 0 amide bonds. The molecule has 0 aliphatic carbocycles. The lowest BCUT2D eigenvalue weighted by Crippen LogP contribution is -2.17. The highest BCUT2D eigenvalue weighted by Crippen LogP contribution is 2.22. The quantitative estimate of drug-likeness (QED) is 0.255. The second-order valence-corrected chi connectivity index (χ2v) is 5.60. The van der Waals surface area contributed by atoms with Crippen LogP contribution in [-0.2, 0) is 16.2 Å². The van der Waals surface area contributed by atoms with Gasteiger partial charge in [-0.15, -0.1) is 0 Å². The van der Waals surface area contributed by atoms with Crippen LogP contribution in [0.4, 0.5) is 5.82 Å². The van der Waals surface area contributed by atoms with E-state index in [1.165, 1.54) is 23.9 Å². The van der Waals surface area contributed by atoms with Gasteiger partial charge in [0.2, 0.25) is 0 Å². The van der Waals surface area contributed by atoms with Crippen LogP contribution in [0.1, 0.15) is 17.7 Å². The molecule has 2 N–H and O–H groups in total. The van der Waals surface area contributed by atoms with E-state index in [0.717, 1.165) is 0 Å². The fraction of sp³-hybridized carbons (Fsp3) is 0.267. The van der Waals surface area contributed by atoms with Crippen molar-refractivity contribution >= 4 is 29.2 Å². The Hall–Kier alpha value is -3.14. The maximum absolute atomic E-state index is 11.8. The van der Waals surface area contributed by atoms with Crippen LogP contribution in [0.2, 0.25) is 5.02 Å². The van der Waals surface area contributed by atoms with Gasteiger partial charge in [-0.25, -0.2) is 4.79 Å². The fourth-order valence-corrected chi connectivity index (χ4v) is 2.25. The number of carbonyl (C=O) groups is 1. The lowest BCUT2D eigenvalue weighted by atomic mass is 10.2. The number of nitro groups is 1. The standard InChI is InChI=1S/C15H16ClN5O5/c1-9-7-13(21(23)24)18-20(9)6-5-14(22)26-19-15(17)11-8-10(16)3-4-12(11)25-2/h3-4,7-8H,5-6H2,1-2H3,(H2,17,19). The van der Waals surface area contributed by atoms with Crippen LogP contribution in [0, 0.1) is 17.0 Å². The molecule has 0 radical (unpaired) electrons. The van der Waals surface area contributed by atoms with Gasteiger partial charge in [0, 0.05) is 5.02 Å². The second-order valence-electron chi connectivity index (χ2n) is 5.16. The molecule has 0 bridgehead atoms. The van der Waals surface area contributed by atoms with Gasteiger partial charge >= 0.3 is 11.8 Å². The van der Waals surface area contributed by atoms with Crippen molar-refractivity contribution in [3.05, 3.63) is 50.7 Å². The molecule has 0 atom stereocenters. The number of ether oxygens (including phenoxy) is 1. The number of rotatable bonds is 7. The summed E-state index contributed by atoms with van der Waals surface area (Å²) < 4.78 is 6.48. The molecular formula is C15H16ClN5O5. The highest BCUT2D eigenvalue weighted by Gasteiger charge is 2.16. The van der Waals surface area contributed by atoms with E-state index in [2.05, 4.69) is 10.3 Å². The van der Waals surface area contributed by atoms with Gasteiger partial charge in [-0.05, 0) is 30.0 Å². The minimum atomic E-state index is -0.675. The summed E-state index contributed by atoms with van der Waals surface area (Å²) in [6.07, 6.45) is -0.0941. The molecule has 1 heterocycles. The molecular weight excluding hydrogens is 366 g/mol. The number of carbonyl (C=O) groups excluding carboxylic acids is 1. The first-order valence-electron chi connectivity index (χ1n) is 7.38. The van der Waals surface area contributed by atoms with E-state index in [0.29, 0.717) is 22.0 Å². The fourth-order valence-electron chi connectivity index (χ4n) is 2.08. The zero-order valence-corrected chi connectivity index (χ0v) is 14.8. The van der Waals surface area contributed by atoms with Crippen LogP contribution in [0.5, 0.6) is 5.75 Å². The number of amidine groups is 1. The third kappa shape index (κ3) is 4.70.